The van der Waals surface area contributed by atoms with Crippen LogP contribution in [0, 0.1) is 5.92 Å². The molecule has 0 radical (unpaired) electrons. The average molecular weight is 465 g/mol. The van der Waals surface area contributed by atoms with E-state index in [9.17, 15) is 14.4 Å². The maximum atomic E-state index is 12.6. The summed E-state index contributed by atoms with van der Waals surface area (Å²) in [7, 11) is 1.31. The van der Waals surface area contributed by atoms with Crippen LogP contribution in [0.1, 0.15) is 30.4 Å². The van der Waals surface area contributed by atoms with Gasteiger partial charge in [0.2, 0.25) is 11.8 Å². The van der Waals surface area contributed by atoms with Crippen LogP contribution in [0.3, 0.4) is 0 Å². The van der Waals surface area contributed by atoms with Crippen molar-refractivity contribution in [3.05, 3.63) is 78.4 Å². The molecule has 0 saturated carbocycles. The van der Waals surface area contributed by atoms with E-state index >= 15 is 0 Å². The van der Waals surface area contributed by atoms with Gasteiger partial charge in [0, 0.05) is 25.9 Å². The largest absolute Gasteiger partial charge is 0.489 e. The first-order valence-corrected chi connectivity index (χ1v) is 11.5. The number of nitrogens with one attached hydrogen (secondary N) is 1. The molecule has 2 aromatic rings. The van der Waals surface area contributed by atoms with Crippen LogP contribution < -0.4 is 10.1 Å². The molecule has 3 rings (SSSR count). The fraction of sp³-hybridized carbons (Fsp3) is 0.370. The average Bonchev–Trinajstić information content (AvgIpc) is 2.88. The summed E-state index contributed by atoms with van der Waals surface area (Å²) >= 11 is 0. The molecular weight excluding hydrogens is 432 g/mol. The molecule has 1 heterocycles. The van der Waals surface area contributed by atoms with E-state index in [1.807, 2.05) is 54.6 Å². The first kappa shape index (κ1) is 25.0. The van der Waals surface area contributed by atoms with E-state index in [-0.39, 0.29) is 17.7 Å². The Kier molecular flexibility index (Phi) is 9.26. The van der Waals surface area contributed by atoms with Gasteiger partial charge in [-0.05, 0) is 48.1 Å². The highest BCUT2D eigenvalue weighted by Crippen LogP contribution is 2.21. The van der Waals surface area contributed by atoms with Crippen molar-refractivity contribution in [1.82, 2.24) is 10.2 Å². The van der Waals surface area contributed by atoms with Crippen molar-refractivity contribution in [1.29, 1.82) is 0 Å². The summed E-state index contributed by atoms with van der Waals surface area (Å²) in [4.78, 5) is 38.4. The molecular formula is C27H32N2O5. The van der Waals surface area contributed by atoms with E-state index in [0.29, 0.717) is 32.5 Å². The summed E-state index contributed by atoms with van der Waals surface area (Å²) < 4.78 is 10.7. The summed E-state index contributed by atoms with van der Waals surface area (Å²) in [5, 5.41) is 2.83. The van der Waals surface area contributed by atoms with Gasteiger partial charge in [-0.1, -0.05) is 49.0 Å². The number of methoxy groups -OCH3 is 1. The van der Waals surface area contributed by atoms with Crippen LogP contribution in [0.15, 0.2) is 67.3 Å². The zero-order chi connectivity index (χ0) is 24.3. The van der Waals surface area contributed by atoms with Crippen molar-refractivity contribution in [3.8, 4) is 5.75 Å². The zero-order valence-electron chi connectivity index (χ0n) is 19.6. The summed E-state index contributed by atoms with van der Waals surface area (Å²) in [6.45, 7) is 5.22. The second-order valence-corrected chi connectivity index (χ2v) is 8.44. The summed E-state index contributed by atoms with van der Waals surface area (Å²) in [5.41, 5.74) is 1.97. The van der Waals surface area contributed by atoms with E-state index in [0.717, 1.165) is 29.7 Å². The molecule has 0 spiro atoms. The molecule has 0 bridgehead atoms. The van der Waals surface area contributed by atoms with Gasteiger partial charge >= 0.3 is 5.97 Å². The van der Waals surface area contributed by atoms with Crippen molar-refractivity contribution >= 4 is 17.8 Å². The second kappa shape index (κ2) is 12.6. The van der Waals surface area contributed by atoms with E-state index in [4.69, 9.17) is 9.47 Å². The molecule has 34 heavy (non-hydrogen) atoms. The number of benzene rings is 2. The number of hydrogen-bond donors (Lipinski definition) is 1. The van der Waals surface area contributed by atoms with Crippen LogP contribution >= 0.6 is 0 Å². The zero-order valence-corrected chi connectivity index (χ0v) is 19.6. The third-order valence-corrected chi connectivity index (χ3v) is 6.01. The fourth-order valence-electron chi connectivity index (χ4n) is 4.04. The monoisotopic (exact) mass is 464 g/mol. The molecule has 1 saturated heterocycles. The van der Waals surface area contributed by atoms with Gasteiger partial charge in [0.05, 0.1) is 7.11 Å². The van der Waals surface area contributed by atoms with E-state index < -0.39 is 12.0 Å². The Morgan fingerprint density at radius 1 is 1.06 bits per heavy atom. The van der Waals surface area contributed by atoms with Gasteiger partial charge in [-0.25, -0.2) is 4.79 Å². The minimum absolute atomic E-state index is 0.0786. The second-order valence-electron chi connectivity index (χ2n) is 8.44. The number of amides is 2. The molecule has 0 aliphatic carbocycles. The van der Waals surface area contributed by atoms with Gasteiger partial charge in [-0.2, -0.15) is 0 Å². The van der Waals surface area contributed by atoms with Gasteiger partial charge < -0.3 is 19.7 Å². The number of esters is 1. The molecule has 1 aliphatic heterocycles. The summed E-state index contributed by atoms with van der Waals surface area (Å²) in [6.07, 6.45) is 3.45. The maximum absolute atomic E-state index is 12.6. The Bertz CT molecular complexity index is 966. The van der Waals surface area contributed by atoms with Crippen LogP contribution in [-0.4, -0.2) is 48.9 Å². The normalized spacial score (nSPS) is 14.7. The molecule has 1 unspecified atom stereocenters. The molecule has 2 aromatic carbocycles. The van der Waals surface area contributed by atoms with Gasteiger partial charge in [-0.15, -0.1) is 0 Å². The Morgan fingerprint density at radius 3 is 2.35 bits per heavy atom. The lowest BCUT2D eigenvalue weighted by molar-refractivity contribution is -0.145. The number of nitrogens with zero attached hydrogens (tertiary/aromatic N) is 1. The molecule has 7 heteroatoms. The predicted octanol–water partition coefficient (Wildman–Crippen LogP) is 3.28. The smallest absolute Gasteiger partial charge is 0.328 e. The fourth-order valence-corrected chi connectivity index (χ4v) is 4.04. The van der Waals surface area contributed by atoms with Crippen molar-refractivity contribution in [3.63, 3.8) is 0 Å². The SMILES string of the molecule is C=CC(=O)N1CCC(CC(=O)NC(Cc2ccc(OCc3ccccc3)cc2)C(=O)OC)CC1. The number of hydrogen-bond acceptors (Lipinski definition) is 5. The topological polar surface area (TPSA) is 84.9 Å². The number of piperidine rings is 1. The van der Waals surface area contributed by atoms with Gasteiger partial charge in [0.15, 0.2) is 0 Å². The Morgan fingerprint density at radius 2 is 1.74 bits per heavy atom. The van der Waals surface area contributed by atoms with Crippen LogP contribution in [-0.2, 0) is 32.1 Å². The van der Waals surface area contributed by atoms with Crippen molar-refractivity contribution in [2.24, 2.45) is 5.92 Å². The van der Waals surface area contributed by atoms with Crippen LogP contribution in [0.5, 0.6) is 5.75 Å². The first-order valence-electron chi connectivity index (χ1n) is 11.5. The molecule has 1 aliphatic rings. The van der Waals surface area contributed by atoms with Crippen LogP contribution in [0.4, 0.5) is 0 Å². The number of rotatable bonds is 10. The molecule has 180 valence electrons. The molecule has 1 fully saturated rings. The minimum atomic E-state index is -0.768. The molecule has 7 nitrogen and oxygen atoms in total. The molecule has 2 amide bonds. The summed E-state index contributed by atoms with van der Waals surface area (Å²) in [5.74, 6) is 0.154. The third kappa shape index (κ3) is 7.47. The number of carbonyl (C=O) groups is 3. The van der Waals surface area contributed by atoms with Gasteiger partial charge in [0.1, 0.15) is 18.4 Å². The van der Waals surface area contributed by atoms with Crippen LogP contribution in [0.25, 0.3) is 0 Å². The molecule has 1 atom stereocenters. The van der Waals surface area contributed by atoms with Crippen molar-refractivity contribution in [2.75, 3.05) is 20.2 Å². The number of carbonyl (C=O) groups excluding carboxylic acids is 3. The molecule has 1 N–H and O–H groups in total. The lowest BCUT2D eigenvalue weighted by atomic mass is 9.93. The van der Waals surface area contributed by atoms with Crippen molar-refractivity contribution in [2.45, 2.75) is 38.3 Å². The Hall–Kier alpha value is -3.61. The lowest BCUT2D eigenvalue weighted by Gasteiger charge is -2.31. The van der Waals surface area contributed by atoms with E-state index in [1.165, 1.54) is 13.2 Å². The standard InChI is InChI=1S/C27H32N2O5/c1-3-26(31)29-15-13-21(14-16-29)18-25(30)28-24(27(32)33-2)17-20-9-11-23(12-10-20)34-19-22-7-5-4-6-8-22/h3-12,21,24H,1,13-19H2,2H3,(H,28,30). The van der Waals surface area contributed by atoms with Gasteiger partial charge in [-0.3, -0.25) is 9.59 Å². The highest BCUT2D eigenvalue weighted by molar-refractivity contribution is 5.87. The van der Waals surface area contributed by atoms with Crippen LogP contribution in [0.2, 0.25) is 0 Å². The first-order chi connectivity index (χ1) is 16.5. The minimum Gasteiger partial charge on any atom is -0.489 e. The lowest BCUT2D eigenvalue weighted by Crippen LogP contribution is -2.44. The number of likely N-dealkylation sites (tertiary alicyclic amines) is 1. The Labute approximate surface area is 200 Å². The highest BCUT2D eigenvalue weighted by atomic mass is 16.5. The highest BCUT2D eigenvalue weighted by Gasteiger charge is 2.26. The van der Waals surface area contributed by atoms with E-state index in [1.54, 1.807) is 4.90 Å². The van der Waals surface area contributed by atoms with E-state index in [2.05, 4.69) is 11.9 Å². The maximum Gasteiger partial charge on any atom is 0.328 e. The predicted molar refractivity (Wildman–Crippen MR) is 129 cm³/mol. The molecule has 0 aromatic heterocycles. The van der Waals surface area contributed by atoms with Gasteiger partial charge in [0.25, 0.3) is 0 Å². The summed E-state index contributed by atoms with van der Waals surface area (Å²) in [6, 6.07) is 16.6. The Balaban J connectivity index is 1.50. The number of ether oxygens (including phenoxy) is 2. The van der Waals surface area contributed by atoms with Crippen molar-refractivity contribution < 1.29 is 23.9 Å². The third-order valence-electron chi connectivity index (χ3n) is 6.01. The quantitative estimate of drug-likeness (QED) is 0.431.